The maximum absolute atomic E-state index is 13.5. The minimum Gasteiger partial charge on any atom is -0.339 e. The van der Waals surface area contributed by atoms with E-state index < -0.39 is 0 Å². The largest absolute Gasteiger partial charge is 0.339 e. The van der Waals surface area contributed by atoms with E-state index in [1.807, 2.05) is 23.9 Å². The molecule has 3 heterocycles. The molecule has 1 fully saturated rings. The molecule has 1 aliphatic rings. The molecule has 8 nitrogen and oxygen atoms in total. The van der Waals surface area contributed by atoms with E-state index in [1.165, 1.54) is 0 Å². The van der Waals surface area contributed by atoms with Crippen molar-refractivity contribution in [3.8, 4) is 0 Å². The molecule has 0 radical (unpaired) electrons. The number of benzene rings is 1. The van der Waals surface area contributed by atoms with Crippen LogP contribution in [-0.4, -0.2) is 63.8 Å². The Labute approximate surface area is 187 Å². The number of rotatable bonds is 5. The van der Waals surface area contributed by atoms with Gasteiger partial charge in [0.25, 0.3) is 5.91 Å². The zero-order valence-corrected chi connectivity index (χ0v) is 19.0. The van der Waals surface area contributed by atoms with Crippen LogP contribution in [0.2, 0.25) is 5.02 Å². The predicted octanol–water partition coefficient (Wildman–Crippen LogP) is 2.88. The summed E-state index contributed by atoms with van der Waals surface area (Å²) in [6, 6.07) is 5.42. The summed E-state index contributed by atoms with van der Waals surface area (Å²) in [5.74, 6) is 0.428. The molecule has 0 spiro atoms. The number of aromatic nitrogens is 4. The van der Waals surface area contributed by atoms with Crippen molar-refractivity contribution in [3.05, 3.63) is 46.4 Å². The smallest absolute Gasteiger partial charge is 0.273 e. The number of halogens is 1. The van der Waals surface area contributed by atoms with Crippen LogP contribution < -0.4 is 10.2 Å². The molecule has 0 saturated carbocycles. The summed E-state index contributed by atoms with van der Waals surface area (Å²) in [5, 5.41) is 9.00. The lowest BCUT2D eigenvalue weighted by molar-refractivity contribution is 0.0781. The zero-order valence-electron chi connectivity index (χ0n) is 18.2. The minimum atomic E-state index is -0.160. The fourth-order valence-electron chi connectivity index (χ4n) is 3.91. The second-order valence-corrected chi connectivity index (χ2v) is 8.29. The molecule has 31 heavy (non-hydrogen) atoms. The molecule has 1 aliphatic heterocycles. The van der Waals surface area contributed by atoms with Crippen molar-refractivity contribution in [1.82, 2.24) is 30.0 Å². The Morgan fingerprint density at radius 3 is 2.87 bits per heavy atom. The molecule has 0 aliphatic carbocycles. The topological polar surface area (TPSA) is 79.2 Å². The van der Waals surface area contributed by atoms with Crippen molar-refractivity contribution in [2.24, 2.45) is 0 Å². The number of hydrogen-bond acceptors (Lipinski definition) is 6. The number of amides is 1. The van der Waals surface area contributed by atoms with Gasteiger partial charge in [-0.1, -0.05) is 11.6 Å². The van der Waals surface area contributed by atoms with Crippen molar-refractivity contribution in [2.75, 3.05) is 38.1 Å². The minimum absolute atomic E-state index is 0.160. The molecule has 9 heteroatoms. The number of fused-ring (bicyclic) bond motifs is 1. The maximum atomic E-state index is 13.5. The van der Waals surface area contributed by atoms with E-state index in [-0.39, 0.29) is 5.91 Å². The normalized spacial score (nSPS) is 14.6. The van der Waals surface area contributed by atoms with E-state index in [2.05, 4.69) is 22.2 Å². The Morgan fingerprint density at radius 2 is 2.10 bits per heavy atom. The van der Waals surface area contributed by atoms with Gasteiger partial charge in [-0.05, 0) is 45.0 Å². The van der Waals surface area contributed by atoms with E-state index in [0.717, 1.165) is 55.9 Å². The highest BCUT2D eigenvalue weighted by Crippen LogP contribution is 2.25. The third-order valence-corrected chi connectivity index (χ3v) is 5.97. The van der Waals surface area contributed by atoms with Gasteiger partial charge in [-0.25, -0.2) is 9.97 Å². The van der Waals surface area contributed by atoms with Crippen molar-refractivity contribution < 1.29 is 4.79 Å². The first-order valence-corrected chi connectivity index (χ1v) is 11.1. The van der Waals surface area contributed by atoms with Gasteiger partial charge in [-0.15, -0.1) is 0 Å². The first-order chi connectivity index (χ1) is 15.0. The first kappa shape index (κ1) is 21.5. The Bertz CT molecular complexity index is 1090. The van der Waals surface area contributed by atoms with E-state index >= 15 is 0 Å². The van der Waals surface area contributed by atoms with Crippen LogP contribution in [0.15, 0.2) is 24.4 Å². The van der Waals surface area contributed by atoms with Crippen molar-refractivity contribution in [1.29, 1.82) is 0 Å². The second-order valence-electron chi connectivity index (χ2n) is 7.86. The molecule has 1 aromatic carbocycles. The van der Waals surface area contributed by atoms with Crippen LogP contribution >= 0.6 is 11.6 Å². The number of hydrogen-bond donors (Lipinski definition) is 1. The number of aryl methyl sites for hydroxylation is 1. The highest BCUT2D eigenvalue weighted by atomic mass is 35.5. The Morgan fingerprint density at radius 1 is 1.26 bits per heavy atom. The molecule has 1 amide bonds. The van der Waals surface area contributed by atoms with Gasteiger partial charge in [0.05, 0.1) is 11.7 Å². The maximum Gasteiger partial charge on any atom is 0.273 e. The van der Waals surface area contributed by atoms with Crippen molar-refractivity contribution in [3.63, 3.8) is 0 Å². The van der Waals surface area contributed by atoms with E-state index in [0.29, 0.717) is 28.6 Å². The summed E-state index contributed by atoms with van der Waals surface area (Å²) < 4.78 is 1.93. The molecule has 0 bridgehead atoms. The molecular weight excluding hydrogens is 414 g/mol. The second kappa shape index (κ2) is 9.20. The molecule has 1 N–H and O–H groups in total. The summed E-state index contributed by atoms with van der Waals surface area (Å²) in [7, 11) is 1.79. The molecular formula is C22H28ClN7O. The van der Waals surface area contributed by atoms with Crippen molar-refractivity contribution in [2.45, 2.75) is 33.4 Å². The number of carbonyl (C=O) groups is 1. The number of carbonyl (C=O) groups excluding carboxylic acids is 1. The van der Waals surface area contributed by atoms with E-state index in [9.17, 15) is 4.79 Å². The lowest BCUT2D eigenvalue weighted by Gasteiger charge is -2.22. The summed E-state index contributed by atoms with van der Waals surface area (Å²) >= 11 is 6.24. The van der Waals surface area contributed by atoms with Crippen LogP contribution in [0.5, 0.6) is 0 Å². The Kier molecular flexibility index (Phi) is 6.38. The van der Waals surface area contributed by atoms with Gasteiger partial charge in [-0.3, -0.25) is 9.48 Å². The fourth-order valence-corrected chi connectivity index (χ4v) is 4.08. The molecule has 2 aromatic heterocycles. The predicted molar refractivity (Wildman–Crippen MR) is 123 cm³/mol. The lowest BCUT2D eigenvalue weighted by atomic mass is 10.1. The van der Waals surface area contributed by atoms with Gasteiger partial charge < -0.3 is 15.1 Å². The number of nitrogens with zero attached hydrogens (tertiary/aromatic N) is 6. The monoisotopic (exact) mass is 441 g/mol. The third kappa shape index (κ3) is 4.50. The van der Waals surface area contributed by atoms with E-state index in [1.54, 1.807) is 24.1 Å². The average Bonchev–Trinajstić information content (AvgIpc) is 2.96. The summed E-state index contributed by atoms with van der Waals surface area (Å²) in [6.45, 7) is 8.82. The fraction of sp³-hybridized carbons (Fsp3) is 0.455. The van der Waals surface area contributed by atoms with Crippen LogP contribution in [0.25, 0.3) is 10.9 Å². The summed E-state index contributed by atoms with van der Waals surface area (Å²) in [4.78, 5) is 26.8. The standard InChI is InChI=1S/C22H28ClN7O/c1-4-30-15(2)16(13-25-30)14-28(3)21(31)20-18-12-17(23)6-7-19(18)26-22(27-20)29-10-5-8-24-9-11-29/h6-7,12-13,24H,4-5,8-11,14H2,1-3H3. The highest BCUT2D eigenvalue weighted by molar-refractivity contribution is 6.31. The summed E-state index contributed by atoms with van der Waals surface area (Å²) in [5.41, 5.74) is 3.18. The van der Waals surface area contributed by atoms with Crippen LogP contribution in [0.1, 0.15) is 35.1 Å². The first-order valence-electron chi connectivity index (χ1n) is 10.7. The van der Waals surface area contributed by atoms with Gasteiger partial charge >= 0.3 is 0 Å². The van der Waals surface area contributed by atoms with Crippen LogP contribution in [0, 0.1) is 6.92 Å². The van der Waals surface area contributed by atoms with Gasteiger partial charge in [-0.2, -0.15) is 5.10 Å². The summed E-state index contributed by atoms with van der Waals surface area (Å²) in [6.07, 6.45) is 2.83. The number of nitrogens with one attached hydrogen (secondary N) is 1. The highest BCUT2D eigenvalue weighted by Gasteiger charge is 2.22. The van der Waals surface area contributed by atoms with E-state index in [4.69, 9.17) is 21.6 Å². The molecule has 4 rings (SSSR count). The quantitative estimate of drug-likeness (QED) is 0.655. The van der Waals surface area contributed by atoms with Gasteiger partial charge in [0, 0.05) is 61.4 Å². The number of anilines is 1. The SMILES string of the molecule is CCn1ncc(CN(C)C(=O)c2nc(N3CCCNCC3)nc3ccc(Cl)cc23)c1C. The third-order valence-electron chi connectivity index (χ3n) is 5.73. The molecule has 164 valence electrons. The average molecular weight is 442 g/mol. The Balaban J connectivity index is 1.70. The van der Waals surface area contributed by atoms with Crippen LogP contribution in [0.4, 0.5) is 5.95 Å². The van der Waals surface area contributed by atoms with Crippen LogP contribution in [0.3, 0.4) is 0 Å². The lowest BCUT2D eigenvalue weighted by Crippen LogP contribution is -2.31. The van der Waals surface area contributed by atoms with Gasteiger partial charge in [0.2, 0.25) is 5.95 Å². The molecule has 1 saturated heterocycles. The molecule has 0 atom stereocenters. The molecule has 3 aromatic rings. The molecule has 0 unspecified atom stereocenters. The van der Waals surface area contributed by atoms with Gasteiger partial charge in [0.15, 0.2) is 0 Å². The zero-order chi connectivity index (χ0) is 22.0. The van der Waals surface area contributed by atoms with Crippen molar-refractivity contribution >= 4 is 34.4 Å². The van der Waals surface area contributed by atoms with Crippen LogP contribution in [-0.2, 0) is 13.1 Å². The Hall–Kier alpha value is -2.71. The van der Waals surface area contributed by atoms with Gasteiger partial charge in [0.1, 0.15) is 5.69 Å².